The molecule has 0 atom stereocenters. The Morgan fingerprint density at radius 3 is 2.56 bits per heavy atom. The molecule has 3 aromatic carbocycles. The number of ether oxygens (including phenoxy) is 1. The molecule has 182 valence electrons. The van der Waals surface area contributed by atoms with Gasteiger partial charge >= 0.3 is 0 Å². The molecule has 0 aliphatic rings. The topological polar surface area (TPSA) is 94.3 Å². The lowest BCUT2D eigenvalue weighted by atomic mass is 9.98. The average molecular weight is 544 g/mol. The SMILES string of the molecule is COc1cc(-c2cccc(F)c2)c(Cl)cc1-c1nc(Cl)cc2cc(S(=O)(=O)Nc3ccon3)ccc12. The van der Waals surface area contributed by atoms with E-state index >= 15 is 0 Å². The standard InChI is InChI=1S/C25H16Cl2FN3O4S/c1-34-22-13-19(14-3-2-4-16(28)9-14)21(26)12-20(22)25-18-6-5-17(10-15(18)11-23(27)29-25)36(32,33)31-24-7-8-35-30-24/h2-13H,1H3,(H,30,31). The third-order valence-corrected chi connectivity index (χ3v) is 7.30. The maximum atomic E-state index is 13.8. The molecule has 0 bridgehead atoms. The van der Waals surface area contributed by atoms with E-state index in [0.29, 0.717) is 43.9 Å². The minimum atomic E-state index is -3.94. The highest BCUT2D eigenvalue weighted by Gasteiger charge is 2.20. The van der Waals surface area contributed by atoms with Crippen LogP contribution in [0.25, 0.3) is 33.2 Å². The molecule has 0 fully saturated rings. The first-order valence-electron chi connectivity index (χ1n) is 10.4. The molecule has 0 aliphatic carbocycles. The van der Waals surface area contributed by atoms with E-state index in [-0.39, 0.29) is 15.9 Å². The highest BCUT2D eigenvalue weighted by atomic mass is 35.5. The molecule has 0 saturated carbocycles. The van der Waals surface area contributed by atoms with Gasteiger partial charge in [-0.15, -0.1) is 0 Å². The lowest BCUT2D eigenvalue weighted by Gasteiger charge is -2.15. The largest absolute Gasteiger partial charge is 0.496 e. The Balaban J connectivity index is 1.64. The van der Waals surface area contributed by atoms with Crippen LogP contribution in [0.3, 0.4) is 0 Å². The molecular weight excluding hydrogens is 528 g/mol. The van der Waals surface area contributed by atoms with Gasteiger partial charge in [-0.05, 0) is 53.4 Å². The molecule has 11 heteroatoms. The molecule has 5 rings (SSSR count). The van der Waals surface area contributed by atoms with Gasteiger partial charge in [0.2, 0.25) is 0 Å². The van der Waals surface area contributed by atoms with Gasteiger partial charge in [-0.2, -0.15) is 0 Å². The predicted molar refractivity (Wildman–Crippen MR) is 136 cm³/mol. The summed E-state index contributed by atoms with van der Waals surface area (Å²) in [6.07, 6.45) is 1.26. The number of nitrogens with one attached hydrogen (secondary N) is 1. The van der Waals surface area contributed by atoms with Gasteiger partial charge in [0.15, 0.2) is 5.82 Å². The number of rotatable bonds is 6. The van der Waals surface area contributed by atoms with Crippen molar-refractivity contribution in [1.82, 2.24) is 10.1 Å². The zero-order valence-corrected chi connectivity index (χ0v) is 20.8. The molecule has 0 spiro atoms. The minimum absolute atomic E-state index is 0.00216. The van der Waals surface area contributed by atoms with Crippen LogP contribution in [0.1, 0.15) is 0 Å². The van der Waals surface area contributed by atoms with Crippen LogP contribution in [0.2, 0.25) is 10.2 Å². The van der Waals surface area contributed by atoms with Gasteiger partial charge in [-0.3, -0.25) is 4.72 Å². The number of aromatic nitrogens is 2. The Labute approximate surface area is 215 Å². The lowest BCUT2D eigenvalue weighted by molar-refractivity contribution is 0.416. The second-order valence-corrected chi connectivity index (χ2v) is 10.2. The van der Waals surface area contributed by atoms with Gasteiger partial charge in [0.1, 0.15) is 23.0 Å². The maximum absolute atomic E-state index is 13.8. The molecule has 7 nitrogen and oxygen atoms in total. The monoisotopic (exact) mass is 543 g/mol. The Bertz CT molecular complexity index is 1710. The van der Waals surface area contributed by atoms with Gasteiger partial charge in [-0.25, -0.2) is 17.8 Å². The molecule has 36 heavy (non-hydrogen) atoms. The summed E-state index contributed by atoms with van der Waals surface area (Å²) in [6.45, 7) is 0. The van der Waals surface area contributed by atoms with Crippen LogP contribution in [-0.4, -0.2) is 25.7 Å². The van der Waals surface area contributed by atoms with Crippen molar-refractivity contribution in [2.45, 2.75) is 4.90 Å². The highest BCUT2D eigenvalue weighted by Crippen LogP contribution is 2.41. The van der Waals surface area contributed by atoms with E-state index in [1.54, 1.807) is 36.4 Å². The van der Waals surface area contributed by atoms with E-state index in [1.807, 2.05) is 0 Å². The average Bonchev–Trinajstić information content (AvgIpc) is 3.35. The molecule has 0 radical (unpaired) electrons. The summed E-state index contributed by atoms with van der Waals surface area (Å²) >= 11 is 12.9. The number of hydrogen-bond acceptors (Lipinski definition) is 6. The number of fused-ring (bicyclic) bond motifs is 1. The highest BCUT2D eigenvalue weighted by molar-refractivity contribution is 7.92. The van der Waals surface area contributed by atoms with Gasteiger partial charge in [-0.1, -0.05) is 46.6 Å². The van der Waals surface area contributed by atoms with E-state index in [0.717, 1.165) is 0 Å². The van der Waals surface area contributed by atoms with Crippen molar-refractivity contribution in [3.05, 3.63) is 89.0 Å². The molecule has 2 heterocycles. The molecule has 0 aliphatic heterocycles. The quantitative estimate of drug-likeness (QED) is 0.236. The molecule has 5 aromatic rings. The molecule has 0 unspecified atom stereocenters. The van der Waals surface area contributed by atoms with Gasteiger partial charge in [0.05, 0.1) is 17.7 Å². The fourth-order valence-electron chi connectivity index (χ4n) is 3.82. The van der Waals surface area contributed by atoms with Crippen molar-refractivity contribution < 1.29 is 22.1 Å². The first-order valence-corrected chi connectivity index (χ1v) is 12.7. The van der Waals surface area contributed by atoms with E-state index in [9.17, 15) is 12.8 Å². The molecule has 2 aromatic heterocycles. The number of nitrogens with zero attached hydrogens (tertiary/aromatic N) is 2. The fraction of sp³-hybridized carbons (Fsp3) is 0.0400. The van der Waals surface area contributed by atoms with Gasteiger partial charge in [0.25, 0.3) is 10.0 Å². The van der Waals surface area contributed by atoms with E-state index in [4.69, 9.17) is 27.9 Å². The Kier molecular flexibility index (Phi) is 6.29. The summed E-state index contributed by atoms with van der Waals surface area (Å²) in [6, 6.07) is 16.9. The number of methoxy groups -OCH3 is 1. The maximum Gasteiger partial charge on any atom is 0.263 e. The van der Waals surface area contributed by atoms with Gasteiger partial charge < -0.3 is 9.26 Å². The van der Waals surface area contributed by atoms with Crippen LogP contribution < -0.4 is 9.46 Å². The minimum Gasteiger partial charge on any atom is -0.496 e. The first-order chi connectivity index (χ1) is 17.2. The normalized spacial score (nSPS) is 11.6. The van der Waals surface area contributed by atoms with Crippen molar-refractivity contribution in [3.63, 3.8) is 0 Å². The number of halogens is 3. The van der Waals surface area contributed by atoms with Crippen molar-refractivity contribution in [1.29, 1.82) is 0 Å². The summed E-state index contributed by atoms with van der Waals surface area (Å²) in [5.74, 6) is 0.0957. The number of sulfonamides is 1. The van der Waals surface area contributed by atoms with Crippen molar-refractivity contribution >= 4 is 49.8 Å². The summed E-state index contributed by atoms with van der Waals surface area (Å²) in [5.41, 5.74) is 2.14. The van der Waals surface area contributed by atoms with E-state index in [1.165, 1.54) is 43.7 Å². The second kappa shape index (κ2) is 9.42. The third kappa shape index (κ3) is 4.60. The number of benzene rings is 3. The predicted octanol–water partition coefficient (Wildman–Crippen LogP) is 6.81. The third-order valence-electron chi connectivity index (χ3n) is 5.44. The Hall–Kier alpha value is -3.66. The van der Waals surface area contributed by atoms with Crippen molar-refractivity contribution in [3.8, 4) is 28.1 Å². The van der Waals surface area contributed by atoms with E-state index in [2.05, 4.69) is 19.4 Å². The zero-order valence-electron chi connectivity index (χ0n) is 18.5. The van der Waals surface area contributed by atoms with Crippen molar-refractivity contribution in [2.75, 3.05) is 11.8 Å². The van der Waals surface area contributed by atoms with Crippen LogP contribution in [0, 0.1) is 5.82 Å². The number of anilines is 1. The first kappa shape index (κ1) is 24.1. The zero-order chi connectivity index (χ0) is 25.4. The fourth-order valence-corrected chi connectivity index (χ4v) is 5.32. The second-order valence-electron chi connectivity index (χ2n) is 7.71. The Morgan fingerprint density at radius 2 is 1.83 bits per heavy atom. The smallest absolute Gasteiger partial charge is 0.263 e. The van der Waals surface area contributed by atoms with Crippen LogP contribution in [-0.2, 0) is 10.0 Å². The lowest BCUT2D eigenvalue weighted by Crippen LogP contribution is -2.13. The van der Waals surface area contributed by atoms with Gasteiger partial charge in [0, 0.05) is 27.6 Å². The summed E-state index contributed by atoms with van der Waals surface area (Å²) < 4.78 is 52.1. The molecule has 0 amide bonds. The van der Waals surface area contributed by atoms with Crippen LogP contribution in [0.15, 0.2) is 82.4 Å². The number of pyridine rings is 1. The number of hydrogen-bond donors (Lipinski definition) is 1. The van der Waals surface area contributed by atoms with Crippen LogP contribution in [0.4, 0.5) is 10.2 Å². The molecular formula is C25H16Cl2FN3O4S. The van der Waals surface area contributed by atoms with Crippen LogP contribution >= 0.6 is 23.2 Å². The van der Waals surface area contributed by atoms with E-state index < -0.39 is 15.8 Å². The summed E-state index contributed by atoms with van der Waals surface area (Å²) in [4.78, 5) is 4.47. The summed E-state index contributed by atoms with van der Waals surface area (Å²) in [7, 11) is -2.44. The molecule has 0 saturated heterocycles. The summed E-state index contributed by atoms with van der Waals surface area (Å²) in [5, 5.41) is 5.21. The van der Waals surface area contributed by atoms with Crippen molar-refractivity contribution in [2.24, 2.45) is 0 Å². The Morgan fingerprint density at radius 1 is 1.00 bits per heavy atom. The van der Waals surface area contributed by atoms with Crippen LogP contribution in [0.5, 0.6) is 5.75 Å². The molecule has 1 N–H and O–H groups in total.